The van der Waals surface area contributed by atoms with E-state index in [1.54, 1.807) is 7.11 Å². The van der Waals surface area contributed by atoms with Crippen molar-refractivity contribution in [2.75, 3.05) is 19.1 Å². The van der Waals surface area contributed by atoms with Gasteiger partial charge in [0.25, 0.3) is 0 Å². The first-order chi connectivity index (χ1) is 14.7. The molecule has 4 heteroatoms. The molecule has 0 spiro atoms. The van der Waals surface area contributed by atoms with Gasteiger partial charge in [0.1, 0.15) is 11.8 Å². The van der Waals surface area contributed by atoms with Crippen LogP contribution in [0.3, 0.4) is 0 Å². The summed E-state index contributed by atoms with van der Waals surface area (Å²) in [6, 6.07) is 28.9. The van der Waals surface area contributed by atoms with E-state index in [4.69, 9.17) is 15.5 Å². The molecule has 0 heterocycles. The highest BCUT2D eigenvalue weighted by Crippen LogP contribution is 2.45. The highest BCUT2D eigenvalue weighted by molar-refractivity contribution is 6.06. The van der Waals surface area contributed by atoms with Crippen LogP contribution < -0.4 is 15.4 Å². The predicted molar refractivity (Wildman–Crippen MR) is 124 cm³/mol. The number of ether oxygens (including phenoxy) is 1. The van der Waals surface area contributed by atoms with Gasteiger partial charge in [-0.15, -0.1) is 0 Å². The third-order valence-corrected chi connectivity index (χ3v) is 5.82. The van der Waals surface area contributed by atoms with Crippen molar-refractivity contribution in [3.8, 4) is 16.9 Å². The van der Waals surface area contributed by atoms with Gasteiger partial charge >= 0.3 is 0 Å². The monoisotopic (exact) mass is 393 g/mol. The minimum atomic E-state index is -0.124. The van der Waals surface area contributed by atoms with E-state index in [0.717, 1.165) is 22.2 Å². The van der Waals surface area contributed by atoms with Crippen molar-refractivity contribution in [2.24, 2.45) is 10.7 Å². The number of anilines is 1. The summed E-state index contributed by atoms with van der Waals surface area (Å²) < 4.78 is 5.66. The van der Waals surface area contributed by atoms with Gasteiger partial charge in [0, 0.05) is 12.4 Å². The molecule has 4 aromatic rings. The Morgan fingerprint density at radius 1 is 0.833 bits per heavy atom. The molecule has 4 aromatic carbocycles. The number of aliphatic imine (C=N–C) groups is 1. The minimum absolute atomic E-state index is 0.124. The summed E-state index contributed by atoms with van der Waals surface area (Å²) >= 11 is 0. The molecule has 0 aliphatic heterocycles. The predicted octanol–water partition coefficient (Wildman–Crippen LogP) is 5.37. The fourth-order valence-corrected chi connectivity index (χ4v) is 4.35. The standard InChI is InChI=1S/C26H23N3O/c1-29(25-18-10-4-3-9-17(18)15-16-23(25)30-2)26(27)28-24-21-13-7-5-11-19(21)20-12-6-8-14-22(20)24/h3-16,24H,1-2H3,(H2,27,28). The van der Waals surface area contributed by atoms with Gasteiger partial charge in [0.2, 0.25) is 0 Å². The number of methoxy groups -OCH3 is 1. The van der Waals surface area contributed by atoms with Crippen molar-refractivity contribution < 1.29 is 4.74 Å². The Morgan fingerprint density at radius 2 is 1.43 bits per heavy atom. The molecule has 0 saturated heterocycles. The van der Waals surface area contributed by atoms with E-state index in [0.29, 0.717) is 5.96 Å². The normalized spacial score (nSPS) is 13.2. The van der Waals surface area contributed by atoms with Gasteiger partial charge in [-0.25, -0.2) is 4.99 Å². The number of nitrogens with two attached hydrogens (primary N) is 1. The molecule has 0 saturated carbocycles. The first-order valence-corrected chi connectivity index (χ1v) is 10.00. The average Bonchev–Trinajstić information content (AvgIpc) is 3.11. The second kappa shape index (κ2) is 7.23. The van der Waals surface area contributed by atoms with Gasteiger partial charge in [-0.3, -0.25) is 0 Å². The lowest BCUT2D eigenvalue weighted by Crippen LogP contribution is -2.34. The lowest BCUT2D eigenvalue weighted by atomic mass is 10.1. The molecular weight excluding hydrogens is 370 g/mol. The lowest BCUT2D eigenvalue weighted by molar-refractivity contribution is 0.416. The quantitative estimate of drug-likeness (QED) is 0.376. The molecule has 1 aliphatic carbocycles. The van der Waals surface area contributed by atoms with Gasteiger partial charge in [0.15, 0.2) is 5.96 Å². The average molecular weight is 393 g/mol. The summed E-state index contributed by atoms with van der Waals surface area (Å²) in [4.78, 5) is 6.90. The second-order valence-corrected chi connectivity index (χ2v) is 7.46. The summed E-state index contributed by atoms with van der Waals surface area (Å²) in [6.45, 7) is 0. The van der Waals surface area contributed by atoms with E-state index < -0.39 is 0 Å². The largest absolute Gasteiger partial charge is 0.495 e. The number of hydrogen-bond donors (Lipinski definition) is 1. The van der Waals surface area contributed by atoms with Crippen LogP contribution in [0.25, 0.3) is 21.9 Å². The van der Waals surface area contributed by atoms with Gasteiger partial charge in [0.05, 0.1) is 12.8 Å². The fourth-order valence-electron chi connectivity index (χ4n) is 4.35. The Morgan fingerprint density at radius 3 is 2.10 bits per heavy atom. The Bertz CT molecular complexity index is 1230. The Kier molecular flexibility index (Phi) is 4.40. The SMILES string of the molecule is COc1ccc2ccccc2c1N(C)C(N)=NC1c2ccccc2-c2ccccc21. The maximum absolute atomic E-state index is 6.58. The first kappa shape index (κ1) is 18.3. The molecule has 0 radical (unpaired) electrons. The van der Waals surface area contributed by atoms with Gasteiger partial charge < -0.3 is 15.4 Å². The molecule has 4 nitrogen and oxygen atoms in total. The summed E-state index contributed by atoms with van der Waals surface area (Å²) in [5, 5.41) is 2.20. The van der Waals surface area contributed by atoms with Crippen LogP contribution in [0.1, 0.15) is 17.2 Å². The summed E-state index contributed by atoms with van der Waals surface area (Å²) in [5.74, 6) is 1.21. The van der Waals surface area contributed by atoms with Crippen LogP contribution in [0.4, 0.5) is 5.69 Å². The van der Waals surface area contributed by atoms with Crippen molar-refractivity contribution in [2.45, 2.75) is 6.04 Å². The molecule has 5 rings (SSSR count). The zero-order valence-corrected chi connectivity index (χ0v) is 17.0. The molecular formula is C26H23N3O. The van der Waals surface area contributed by atoms with Crippen molar-refractivity contribution in [3.05, 3.63) is 96.1 Å². The van der Waals surface area contributed by atoms with Gasteiger partial charge in [-0.1, -0.05) is 78.9 Å². The number of guanidine groups is 1. The van der Waals surface area contributed by atoms with Crippen LogP contribution in [0.2, 0.25) is 0 Å². The topological polar surface area (TPSA) is 50.9 Å². The van der Waals surface area contributed by atoms with E-state index >= 15 is 0 Å². The van der Waals surface area contributed by atoms with Crippen LogP contribution in [0, 0.1) is 0 Å². The zero-order chi connectivity index (χ0) is 20.7. The first-order valence-electron chi connectivity index (χ1n) is 10.00. The van der Waals surface area contributed by atoms with Crippen molar-refractivity contribution >= 4 is 22.4 Å². The molecule has 0 amide bonds. The molecule has 1 aliphatic rings. The van der Waals surface area contributed by atoms with Gasteiger partial charge in [-0.05, 0) is 33.7 Å². The molecule has 0 bridgehead atoms. The van der Waals surface area contributed by atoms with Gasteiger partial charge in [-0.2, -0.15) is 0 Å². The number of benzene rings is 4. The fraction of sp³-hybridized carbons (Fsp3) is 0.115. The Hall–Kier alpha value is -3.79. The van der Waals surface area contributed by atoms with Crippen LogP contribution in [0.5, 0.6) is 5.75 Å². The summed E-state index contributed by atoms with van der Waals surface area (Å²) in [5.41, 5.74) is 12.3. The lowest BCUT2D eigenvalue weighted by Gasteiger charge is -2.24. The van der Waals surface area contributed by atoms with Crippen molar-refractivity contribution in [1.82, 2.24) is 0 Å². The summed E-state index contributed by atoms with van der Waals surface area (Å²) in [7, 11) is 3.62. The van der Waals surface area contributed by atoms with E-state index in [2.05, 4.69) is 66.7 Å². The molecule has 0 fully saturated rings. The number of fused-ring (bicyclic) bond motifs is 4. The number of rotatable bonds is 3. The van der Waals surface area contributed by atoms with Crippen molar-refractivity contribution in [3.63, 3.8) is 0 Å². The van der Waals surface area contributed by atoms with Crippen LogP contribution in [-0.2, 0) is 0 Å². The Balaban J connectivity index is 1.62. The maximum Gasteiger partial charge on any atom is 0.196 e. The second-order valence-electron chi connectivity index (χ2n) is 7.46. The third-order valence-electron chi connectivity index (χ3n) is 5.82. The molecule has 30 heavy (non-hydrogen) atoms. The molecule has 0 aromatic heterocycles. The van der Waals surface area contributed by atoms with Crippen LogP contribution in [0.15, 0.2) is 89.9 Å². The van der Waals surface area contributed by atoms with E-state index in [1.165, 1.54) is 22.3 Å². The van der Waals surface area contributed by atoms with Crippen molar-refractivity contribution in [1.29, 1.82) is 0 Å². The van der Waals surface area contributed by atoms with Crippen LogP contribution >= 0.6 is 0 Å². The Labute approximate surface area is 176 Å². The smallest absolute Gasteiger partial charge is 0.196 e. The molecule has 2 N–H and O–H groups in total. The highest BCUT2D eigenvalue weighted by atomic mass is 16.5. The minimum Gasteiger partial charge on any atom is -0.495 e. The van der Waals surface area contributed by atoms with E-state index in [-0.39, 0.29) is 6.04 Å². The number of hydrogen-bond acceptors (Lipinski definition) is 2. The molecule has 148 valence electrons. The highest BCUT2D eigenvalue weighted by Gasteiger charge is 2.28. The molecule has 0 unspecified atom stereocenters. The maximum atomic E-state index is 6.58. The van der Waals surface area contributed by atoms with E-state index in [9.17, 15) is 0 Å². The zero-order valence-electron chi connectivity index (χ0n) is 17.0. The number of nitrogens with zero attached hydrogens (tertiary/aromatic N) is 2. The summed E-state index contributed by atoms with van der Waals surface area (Å²) in [6.07, 6.45) is 0. The molecule has 0 atom stereocenters. The van der Waals surface area contributed by atoms with E-state index in [1.807, 2.05) is 30.1 Å². The van der Waals surface area contributed by atoms with Crippen LogP contribution in [-0.4, -0.2) is 20.1 Å². The third kappa shape index (κ3) is 2.80.